The van der Waals surface area contributed by atoms with E-state index in [4.69, 9.17) is 9.72 Å². The Bertz CT molecular complexity index is 1040. The summed E-state index contributed by atoms with van der Waals surface area (Å²) >= 11 is 0. The van der Waals surface area contributed by atoms with Crippen molar-refractivity contribution < 1.29 is 9.84 Å². The van der Waals surface area contributed by atoms with E-state index in [9.17, 15) is 9.90 Å². The predicted molar refractivity (Wildman–Crippen MR) is 96.9 cm³/mol. The van der Waals surface area contributed by atoms with Gasteiger partial charge < -0.3 is 14.4 Å². The Morgan fingerprint density at radius 1 is 1.28 bits per heavy atom. The van der Waals surface area contributed by atoms with Crippen LogP contribution in [0.15, 0.2) is 35.1 Å². The molecule has 3 aromatic rings. The molecule has 0 bridgehead atoms. The van der Waals surface area contributed by atoms with Crippen molar-refractivity contribution in [3.63, 3.8) is 0 Å². The largest absolute Gasteiger partial charge is 0.508 e. The molecule has 0 atom stereocenters. The highest BCUT2D eigenvalue weighted by atomic mass is 16.5. The Hall–Kier alpha value is -2.66. The van der Waals surface area contributed by atoms with Gasteiger partial charge in [0.25, 0.3) is 5.56 Å². The van der Waals surface area contributed by atoms with Crippen molar-refractivity contribution in [1.29, 1.82) is 0 Å². The number of aromatic nitrogens is 2. The molecular weight excluding hydrogens is 316 g/mol. The van der Waals surface area contributed by atoms with Gasteiger partial charge in [0.2, 0.25) is 0 Å². The molecule has 0 unspecified atom stereocenters. The lowest BCUT2D eigenvalue weighted by atomic mass is 10.0. The number of phenolic OH excluding ortho intramolecular Hbond substituents is 1. The molecule has 1 aliphatic heterocycles. The summed E-state index contributed by atoms with van der Waals surface area (Å²) < 4.78 is 7.03. The zero-order valence-corrected chi connectivity index (χ0v) is 14.4. The summed E-state index contributed by atoms with van der Waals surface area (Å²) in [6.45, 7) is 2.94. The number of ether oxygens (including phenoxy) is 1. The Morgan fingerprint density at radius 3 is 2.88 bits per heavy atom. The van der Waals surface area contributed by atoms with Gasteiger partial charge >= 0.3 is 0 Å². The van der Waals surface area contributed by atoms with E-state index < -0.39 is 0 Å². The number of rotatable bonds is 4. The monoisotopic (exact) mass is 336 g/mol. The Morgan fingerprint density at radius 2 is 2.12 bits per heavy atom. The standard InChI is InChI=1S/C20H20N2O3/c1-3-4-12-9-18-19-14(10-22(18)20(24)16(12)11-25-2)7-13-8-15(23)5-6-17(13)21-19/h5-9,23H,3-4,10-11H2,1-2H3. The number of pyridine rings is 2. The number of benzene rings is 1. The third-order valence-electron chi connectivity index (χ3n) is 4.75. The number of nitrogens with zero attached hydrogens (tertiary/aromatic N) is 2. The molecule has 128 valence electrons. The van der Waals surface area contributed by atoms with Gasteiger partial charge in [0.15, 0.2) is 0 Å². The fourth-order valence-corrected chi connectivity index (χ4v) is 3.60. The molecule has 2 aromatic heterocycles. The SMILES string of the molecule is CCCc1cc2n(c(=O)c1COC)Cc1cc3cc(O)ccc3nc1-2. The third-order valence-corrected chi connectivity index (χ3v) is 4.75. The van der Waals surface area contributed by atoms with Crippen LogP contribution in [-0.4, -0.2) is 21.8 Å². The molecule has 4 rings (SSSR count). The van der Waals surface area contributed by atoms with Crippen LogP contribution in [0, 0.1) is 0 Å². The van der Waals surface area contributed by atoms with Crippen molar-refractivity contribution in [3.05, 3.63) is 57.4 Å². The molecular formula is C20H20N2O3. The first-order chi connectivity index (χ1) is 12.1. The maximum Gasteiger partial charge on any atom is 0.257 e. The molecule has 0 spiro atoms. The number of phenols is 1. The van der Waals surface area contributed by atoms with E-state index in [1.54, 1.807) is 29.9 Å². The number of aryl methyl sites for hydroxylation is 1. The quantitative estimate of drug-likeness (QED) is 0.621. The summed E-state index contributed by atoms with van der Waals surface area (Å²) in [6, 6.07) is 9.24. The van der Waals surface area contributed by atoms with Crippen LogP contribution < -0.4 is 5.56 Å². The Balaban J connectivity index is 1.94. The van der Waals surface area contributed by atoms with Crippen LogP contribution in [0.25, 0.3) is 22.3 Å². The summed E-state index contributed by atoms with van der Waals surface area (Å²) in [5.74, 6) is 0.217. The van der Waals surface area contributed by atoms with Crippen LogP contribution in [0.3, 0.4) is 0 Å². The molecule has 0 amide bonds. The van der Waals surface area contributed by atoms with Gasteiger partial charge in [0.1, 0.15) is 5.75 Å². The van der Waals surface area contributed by atoms with E-state index in [0.717, 1.165) is 51.8 Å². The lowest BCUT2D eigenvalue weighted by molar-refractivity contribution is 0.182. The predicted octanol–water partition coefficient (Wildman–Crippen LogP) is 3.23. The van der Waals surface area contributed by atoms with Crippen molar-refractivity contribution >= 4 is 10.9 Å². The van der Waals surface area contributed by atoms with E-state index in [0.29, 0.717) is 13.2 Å². The first-order valence-electron chi connectivity index (χ1n) is 8.50. The van der Waals surface area contributed by atoms with E-state index in [2.05, 4.69) is 13.0 Å². The molecule has 3 heterocycles. The number of hydrogen-bond donors (Lipinski definition) is 1. The van der Waals surface area contributed by atoms with Gasteiger partial charge in [-0.25, -0.2) is 4.98 Å². The number of aromatic hydroxyl groups is 1. The zero-order valence-electron chi connectivity index (χ0n) is 14.4. The van der Waals surface area contributed by atoms with Gasteiger partial charge in [-0.1, -0.05) is 13.3 Å². The van der Waals surface area contributed by atoms with Crippen molar-refractivity contribution in [2.75, 3.05) is 7.11 Å². The van der Waals surface area contributed by atoms with Crippen LogP contribution in [0.5, 0.6) is 5.75 Å². The van der Waals surface area contributed by atoms with Crippen LogP contribution in [0.4, 0.5) is 0 Å². The highest BCUT2D eigenvalue weighted by Gasteiger charge is 2.24. The Kier molecular flexibility index (Phi) is 3.81. The summed E-state index contributed by atoms with van der Waals surface area (Å²) in [6.07, 6.45) is 1.81. The molecule has 5 heteroatoms. The molecule has 0 aliphatic carbocycles. The minimum absolute atomic E-state index is 0.00713. The van der Waals surface area contributed by atoms with Gasteiger partial charge in [-0.3, -0.25) is 4.79 Å². The normalized spacial score (nSPS) is 12.4. The van der Waals surface area contributed by atoms with E-state index >= 15 is 0 Å². The number of methoxy groups -OCH3 is 1. The molecule has 0 fully saturated rings. The first-order valence-corrected chi connectivity index (χ1v) is 8.50. The van der Waals surface area contributed by atoms with Crippen molar-refractivity contribution in [2.24, 2.45) is 0 Å². The van der Waals surface area contributed by atoms with Gasteiger partial charge in [0.05, 0.1) is 30.1 Å². The van der Waals surface area contributed by atoms with Gasteiger partial charge in [-0.2, -0.15) is 0 Å². The lowest BCUT2D eigenvalue weighted by Gasteiger charge is -2.12. The average molecular weight is 336 g/mol. The van der Waals surface area contributed by atoms with Crippen LogP contribution in [0.2, 0.25) is 0 Å². The molecule has 1 aliphatic rings. The van der Waals surface area contributed by atoms with E-state index in [1.807, 2.05) is 6.07 Å². The van der Waals surface area contributed by atoms with Crippen molar-refractivity contribution in [3.8, 4) is 17.1 Å². The molecule has 0 saturated heterocycles. The maximum absolute atomic E-state index is 13.0. The summed E-state index contributed by atoms with van der Waals surface area (Å²) in [7, 11) is 1.61. The molecule has 1 aromatic carbocycles. The second-order valence-electron chi connectivity index (χ2n) is 6.48. The van der Waals surface area contributed by atoms with Crippen LogP contribution >= 0.6 is 0 Å². The minimum atomic E-state index is 0.00713. The van der Waals surface area contributed by atoms with Crippen molar-refractivity contribution in [2.45, 2.75) is 32.9 Å². The second kappa shape index (κ2) is 6.01. The van der Waals surface area contributed by atoms with Gasteiger partial charge in [0, 0.05) is 23.6 Å². The van der Waals surface area contributed by atoms with E-state index in [-0.39, 0.29) is 11.3 Å². The fraction of sp³-hybridized carbons (Fsp3) is 0.300. The first kappa shape index (κ1) is 15.8. The van der Waals surface area contributed by atoms with Gasteiger partial charge in [-0.05, 0) is 42.3 Å². The third kappa shape index (κ3) is 2.51. The molecule has 0 radical (unpaired) electrons. The minimum Gasteiger partial charge on any atom is -0.508 e. The fourth-order valence-electron chi connectivity index (χ4n) is 3.60. The highest BCUT2D eigenvalue weighted by Crippen LogP contribution is 2.33. The lowest BCUT2D eigenvalue weighted by Crippen LogP contribution is -2.25. The average Bonchev–Trinajstić information content (AvgIpc) is 2.94. The van der Waals surface area contributed by atoms with Crippen LogP contribution in [0.1, 0.15) is 30.0 Å². The van der Waals surface area contributed by atoms with E-state index in [1.165, 1.54) is 0 Å². The molecule has 25 heavy (non-hydrogen) atoms. The zero-order chi connectivity index (χ0) is 17.6. The number of fused-ring (bicyclic) bond motifs is 4. The van der Waals surface area contributed by atoms with Crippen LogP contribution in [-0.2, 0) is 24.3 Å². The molecule has 1 N–H and O–H groups in total. The smallest absolute Gasteiger partial charge is 0.257 e. The highest BCUT2D eigenvalue weighted by molar-refractivity contribution is 5.85. The second-order valence-corrected chi connectivity index (χ2v) is 6.48. The summed E-state index contributed by atoms with van der Waals surface area (Å²) in [4.78, 5) is 17.7. The molecule has 5 nitrogen and oxygen atoms in total. The summed E-state index contributed by atoms with van der Waals surface area (Å²) in [5.41, 5.74) is 5.34. The summed E-state index contributed by atoms with van der Waals surface area (Å²) in [5, 5.41) is 10.6. The topological polar surface area (TPSA) is 64.3 Å². The molecule has 0 saturated carbocycles. The Labute approximate surface area is 145 Å². The maximum atomic E-state index is 13.0. The van der Waals surface area contributed by atoms with Gasteiger partial charge in [-0.15, -0.1) is 0 Å². The van der Waals surface area contributed by atoms with Crippen molar-refractivity contribution in [1.82, 2.24) is 9.55 Å². The number of hydrogen-bond acceptors (Lipinski definition) is 4.